The van der Waals surface area contributed by atoms with E-state index in [0.29, 0.717) is 42.9 Å². The number of fused-ring (bicyclic) bond motifs is 1. The largest absolute Gasteiger partial charge is 0.444 e. The number of nitrogens with one attached hydrogen (secondary N) is 1. The minimum Gasteiger partial charge on any atom is -0.444 e. The standard InChI is InChI=1S/C27H27F2N7O2/c1-27(2,3)38-26(37)36-11-9-35(10-12-36)18-6-7-23(31-15-18)33-25-32-16-21(29)24(34-25)19-13-17-5-4-8-30-22(17)14-20(19)28/h4-8,13-16H,9-12H2,1-3H3,(H,31,32,33,34). The second kappa shape index (κ2) is 10.2. The molecule has 1 aromatic carbocycles. The van der Waals surface area contributed by atoms with Gasteiger partial charge >= 0.3 is 6.09 Å². The van der Waals surface area contributed by atoms with Gasteiger partial charge < -0.3 is 19.9 Å². The molecule has 1 N–H and O–H groups in total. The summed E-state index contributed by atoms with van der Waals surface area (Å²) in [6, 6.07) is 9.91. The number of nitrogens with zero attached hydrogens (tertiary/aromatic N) is 6. The Labute approximate surface area is 218 Å². The molecular weight excluding hydrogens is 492 g/mol. The summed E-state index contributed by atoms with van der Waals surface area (Å²) in [6.07, 6.45) is 3.95. The van der Waals surface area contributed by atoms with Gasteiger partial charge in [0, 0.05) is 49.4 Å². The first-order valence-corrected chi connectivity index (χ1v) is 12.2. The minimum atomic E-state index is -0.744. The predicted octanol–water partition coefficient (Wildman–Crippen LogP) is 5.17. The van der Waals surface area contributed by atoms with Gasteiger partial charge in [-0.25, -0.2) is 28.5 Å². The summed E-state index contributed by atoms with van der Waals surface area (Å²) < 4.78 is 34.8. The van der Waals surface area contributed by atoms with Crippen molar-refractivity contribution in [1.82, 2.24) is 24.8 Å². The van der Waals surface area contributed by atoms with Crippen LogP contribution in [0.2, 0.25) is 0 Å². The first-order chi connectivity index (χ1) is 18.2. The van der Waals surface area contributed by atoms with Crippen molar-refractivity contribution in [2.45, 2.75) is 26.4 Å². The summed E-state index contributed by atoms with van der Waals surface area (Å²) >= 11 is 0. The highest BCUT2D eigenvalue weighted by atomic mass is 19.1. The molecule has 0 unspecified atom stereocenters. The highest BCUT2D eigenvalue weighted by molar-refractivity contribution is 5.84. The summed E-state index contributed by atoms with van der Waals surface area (Å²) in [7, 11) is 0. The normalized spacial score (nSPS) is 14.0. The minimum absolute atomic E-state index is 0.0160. The van der Waals surface area contributed by atoms with Crippen LogP contribution in [0.3, 0.4) is 0 Å². The van der Waals surface area contributed by atoms with Crippen molar-refractivity contribution < 1.29 is 18.3 Å². The molecule has 9 nitrogen and oxygen atoms in total. The zero-order valence-corrected chi connectivity index (χ0v) is 21.3. The third-order valence-corrected chi connectivity index (χ3v) is 5.98. The van der Waals surface area contributed by atoms with E-state index in [9.17, 15) is 13.6 Å². The van der Waals surface area contributed by atoms with Crippen LogP contribution in [0.25, 0.3) is 22.2 Å². The number of pyridine rings is 2. The predicted molar refractivity (Wildman–Crippen MR) is 140 cm³/mol. The summed E-state index contributed by atoms with van der Waals surface area (Å²) in [4.78, 5) is 32.9. The van der Waals surface area contributed by atoms with Crippen molar-refractivity contribution in [2.24, 2.45) is 0 Å². The molecule has 1 aliphatic rings. The topological polar surface area (TPSA) is 96.4 Å². The Morgan fingerprint density at radius 1 is 0.974 bits per heavy atom. The van der Waals surface area contributed by atoms with E-state index in [2.05, 4.69) is 30.2 Å². The van der Waals surface area contributed by atoms with Crippen LogP contribution in [0.5, 0.6) is 0 Å². The van der Waals surface area contributed by atoms with Crippen LogP contribution in [-0.2, 0) is 4.74 Å². The van der Waals surface area contributed by atoms with Gasteiger partial charge in [0.15, 0.2) is 5.82 Å². The van der Waals surface area contributed by atoms with E-state index in [1.165, 1.54) is 12.1 Å². The monoisotopic (exact) mass is 519 g/mol. The first-order valence-electron chi connectivity index (χ1n) is 12.2. The van der Waals surface area contributed by atoms with Crippen LogP contribution in [0, 0.1) is 11.6 Å². The fourth-order valence-electron chi connectivity index (χ4n) is 4.13. The number of carbonyl (C=O) groups excluding carboxylic acids is 1. The lowest BCUT2D eigenvalue weighted by Gasteiger charge is -2.36. The molecule has 1 amide bonds. The Morgan fingerprint density at radius 3 is 2.47 bits per heavy atom. The lowest BCUT2D eigenvalue weighted by molar-refractivity contribution is 0.0240. The lowest BCUT2D eigenvalue weighted by atomic mass is 10.1. The van der Waals surface area contributed by atoms with E-state index in [1.54, 1.807) is 35.5 Å². The number of rotatable bonds is 4. The Hall–Kier alpha value is -4.41. The molecule has 0 aliphatic carbocycles. The molecule has 0 saturated carbocycles. The number of ether oxygens (including phenoxy) is 1. The Kier molecular flexibility index (Phi) is 6.75. The van der Waals surface area contributed by atoms with E-state index in [4.69, 9.17) is 4.74 Å². The molecule has 0 bridgehead atoms. The van der Waals surface area contributed by atoms with Gasteiger partial charge in [0.2, 0.25) is 5.95 Å². The summed E-state index contributed by atoms with van der Waals surface area (Å²) in [5, 5.41) is 3.62. The van der Waals surface area contributed by atoms with E-state index in [0.717, 1.165) is 11.9 Å². The number of carbonyl (C=O) groups is 1. The highest BCUT2D eigenvalue weighted by Gasteiger charge is 2.26. The zero-order valence-electron chi connectivity index (χ0n) is 21.3. The van der Waals surface area contributed by atoms with Crippen molar-refractivity contribution in [1.29, 1.82) is 0 Å². The molecule has 5 rings (SSSR count). The lowest BCUT2D eigenvalue weighted by Crippen LogP contribution is -2.50. The molecule has 0 radical (unpaired) electrons. The molecule has 1 fully saturated rings. The summed E-state index contributed by atoms with van der Waals surface area (Å²) in [6.45, 7) is 7.92. The second-order valence-corrected chi connectivity index (χ2v) is 9.90. The van der Waals surface area contributed by atoms with Crippen molar-refractivity contribution in [3.8, 4) is 11.3 Å². The third-order valence-electron chi connectivity index (χ3n) is 5.98. The zero-order chi connectivity index (χ0) is 26.9. The maximum Gasteiger partial charge on any atom is 0.410 e. The fourth-order valence-corrected chi connectivity index (χ4v) is 4.13. The molecule has 0 spiro atoms. The fraction of sp³-hybridized carbons (Fsp3) is 0.296. The van der Waals surface area contributed by atoms with Gasteiger partial charge in [0.05, 0.1) is 23.6 Å². The van der Waals surface area contributed by atoms with Crippen molar-refractivity contribution >= 4 is 34.4 Å². The van der Waals surface area contributed by atoms with Gasteiger partial charge in [0.1, 0.15) is 22.9 Å². The summed E-state index contributed by atoms with van der Waals surface area (Å²) in [5.41, 5.74) is 0.688. The highest BCUT2D eigenvalue weighted by Crippen LogP contribution is 2.28. The number of hydrogen-bond donors (Lipinski definition) is 1. The van der Waals surface area contributed by atoms with Crippen molar-refractivity contribution in [3.05, 3.63) is 66.6 Å². The van der Waals surface area contributed by atoms with Crippen LogP contribution in [0.4, 0.5) is 31.0 Å². The number of benzene rings is 1. The van der Waals surface area contributed by atoms with Gasteiger partial charge in [-0.05, 0) is 45.0 Å². The Morgan fingerprint density at radius 2 is 1.76 bits per heavy atom. The van der Waals surface area contributed by atoms with Gasteiger partial charge in [0.25, 0.3) is 0 Å². The number of anilines is 3. The SMILES string of the molecule is CC(C)(C)OC(=O)N1CCN(c2ccc(Nc3ncc(F)c(-c4cc5cccnc5cc4F)n3)nc2)CC1. The van der Waals surface area contributed by atoms with Crippen molar-refractivity contribution in [2.75, 3.05) is 36.4 Å². The molecule has 11 heteroatoms. The van der Waals surface area contributed by atoms with Gasteiger partial charge in [-0.1, -0.05) is 6.07 Å². The maximum absolute atomic E-state index is 14.8. The van der Waals surface area contributed by atoms with Gasteiger partial charge in [-0.2, -0.15) is 0 Å². The molecular formula is C27H27F2N7O2. The molecule has 0 atom stereocenters. The van der Waals surface area contributed by atoms with Gasteiger partial charge in [-0.3, -0.25) is 4.98 Å². The number of amides is 1. The Balaban J connectivity index is 1.27. The van der Waals surface area contributed by atoms with E-state index >= 15 is 0 Å². The third kappa shape index (κ3) is 5.61. The smallest absolute Gasteiger partial charge is 0.410 e. The van der Waals surface area contributed by atoms with E-state index in [-0.39, 0.29) is 23.3 Å². The van der Waals surface area contributed by atoms with Crippen LogP contribution < -0.4 is 10.2 Å². The second-order valence-electron chi connectivity index (χ2n) is 9.90. The number of piperazine rings is 1. The number of hydrogen-bond acceptors (Lipinski definition) is 8. The van der Waals surface area contributed by atoms with Crippen LogP contribution in [0.15, 0.2) is 55.0 Å². The Bertz CT molecular complexity index is 1470. The average Bonchev–Trinajstić information content (AvgIpc) is 2.89. The molecule has 1 aliphatic heterocycles. The number of halogens is 2. The molecule has 4 heterocycles. The first kappa shape index (κ1) is 25.2. The average molecular weight is 520 g/mol. The number of aromatic nitrogens is 4. The molecule has 38 heavy (non-hydrogen) atoms. The van der Waals surface area contributed by atoms with E-state index < -0.39 is 17.2 Å². The molecule has 3 aromatic heterocycles. The molecule has 4 aromatic rings. The quantitative estimate of drug-likeness (QED) is 0.395. The van der Waals surface area contributed by atoms with Crippen LogP contribution >= 0.6 is 0 Å². The van der Waals surface area contributed by atoms with Gasteiger partial charge in [-0.15, -0.1) is 0 Å². The van der Waals surface area contributed by atoms with E-state index in [1.807, 2.05) is 26.8 Å². The molecule has 196 valence electrons. The maximum atomic E-state index is 14.8. The van der Waals surface area contributed by atoms with Crippen LogP contribution in [0.1, 0.15) is 20.8 Å². The summed E-state index contributed by atoms with van der Waals surface area (Å²) in [5.74, 6) is -0.847. The van der Waals surface area contributed by atoms with Crippen molar-refractivity contribution in [3.63, 3.8) is 0 Å². The molecule has 1 saturated heterocycles. The van der Waals surface area contributed by atoms with Crippen LogP contribution in [-0.4, -0.2) is 62.7 Å².